The zero-order valence-electron chi connectivity index (χ0n) is 12.5. The van der Waals surface area contributed by atoms with Gasteiger partial charge in [-0.15, -0.1) is 0 Å². The summed E-state index contributed by atoms with van der Waals surface area (Å²) in [4.78, 5) is 2.70. The van der Waals surface area contributed by atoms with Gasteiger partial charge >= 0.3 is 0 Å². The number of hydrogen-bond donors (Lipinski definition) is 1. The summed E-state index contributed by atoms with van der Waals surface area (Å²) in [6.45, 7) is 14.9. The van der Waals surface area contributed by atoms with E-state index in [2.05, 4.69) is 37.9 Å². The molecule has 2 rings (SSSR count). The first kappa shape index (κ1) is 14.3. The Balaban J connectivity index is 1.88. The van der Waals surface area contributed by atoms with Crippen LogP contribution in [0, 0.1) is 11.3 Å². The van der Waals surface area contributed by atoms with E-state index in [-0.39, 0.29) is 0 Å². The molecule has 2 unspecified atom stereocenters. The number of nitrogens with one attached hydrogen (secondary N) is 1. The maximum atomic E-state index is 5.46. The first-order valence-electron chi connectivity index (χ1n) is 7.52. The Morgan fingerprint density at radius 2 is 1.89 bits per heavy atom. The van der Waals surface area contributed by atoms with Crippen molar-refractivity contribution in [1.82, 2.24) is 10.2 Å². The molecule has 106 valence electrons. The lowest BCUT2D eigenvalue weighted by Crippen LogP contribution is -2.60. The summed E-state index contributed by atoms with van der Waals surface area (Å²) in [5.41, 5.74) is 0.355. The molecule has 2 fully saturated rings. The van der Waals surface area contributed by atoms with E-state index in [1.165, 1.54) is 25.9 Å². The van der Waals surface area contributed by atoms with Gasteiger partial charge in [-0.1, -0.05) is 20.8 Å². The lowest BCUT2D eigenvalue weighted by atomic mass is 9.84. The standard InChI is InChI=1S/C15H30N2O/c1-12-9-16-14(15(2,3)4)11-17(12)10-13-5-7-18-8-6-13/h12-14,16H,5-11H2,1-4H3. The Labute approximate surface area is 112 Å². The summed E-state index contributed by atoms with van der Waals surface area (Å²) in [5, 5.41) is 3.71. The number of nitrogens with zero attached hydrogens (tertiary/aromatic N) is 1. The predicted molar refractivity (Wildman–Crippen MR) is 75.8 cm³/mol. The van der Waals surface area contributed by atoms with E-state index in [4.69, 9.17) is 4.74 Å². The minimum Gasteiger partial charge on any atom is -0.381 e. The van der Waals surface area contributed by atoms with Crippen molar-refractivity contribution in [2.45, 2.75) is 52.6 Å². The van der Waals surface area contributed by atoms with Gasteiger partial charge in [0.1, 0.15) is 0 Å². The van der Waals surface area contributed by atoms with E-state index in [0.29, 0.717) is 17.5 Å². The number of piperazine rings is 1. The van der Waals surface area contributed by atoms with Crippen LogP contribution in [0.4, 0.5) is 0 Å². The highest BCUT2D eigenvalue weighted by molar-refractivity contribution is 4.91. The predicted octanol–water partition coefficient (Wildman–Crippen LogP) is 2.12. The number of ether oxygens (including phenoxy) is 1. The maximum Gasteiger partial charge on any atom is 0.0469 e. The fourth-order valence-corrected chi connectivity index (χ4v) is 3.02. The monoisotopic (exact) mass is 254 g/mol. The van der Waals surface area contributed by atoms with Crippen molar-refractivity contribution in [3.05, 3.63) is 0 Å². The molecule has 2 heterocycles. The van der Waals surface area contributed by atoms with Gasteiger partial charge in [0.15, 0.2) is 0 Å². The SMILES string of the molecule is CC1CNC(C(C)(C)C)CN1CC1CCOCC1. The largest absolute Gasteiger partial charge is 0.381 e. The lowest BCUT2D eigenvalue weighted by molar-refractivity contribution is 0.0291. The van der Waals surface area contributed by atoms with Crippen LogP contribution in [0.1, 0.15) is 40.5 Å². The zero-order valence-corrected chi connectivity index (χ0v) is 12.5. The van der Waals surface area contributed by atoms with Gasteiger partial charge < -0.3 is 10.1 Å². The summed E-state index contributed by atoms with van der Waals surface area (Å²) in [7, 11) is 0. The maximum absolute atomic E-state index is 5.46. The topological polar surface area (TPSA) is 24.5 Å². The smallest absolute Gasteiger partial charge is 0.0469 e. The van der Waals surface area contributed by atoms with Gasteiger partial charge in [-0.05, 0) is 31.1 Å². The minimum atomic E-state index is 0.355. The Morgan fingerprint density at radius 1 is 1.22 bits per heavy atom. The molecule has 2 atom stereocenters. The van der Waals surface area contributed by atoms with Gasteiger partial charge in [0, 0.05) is 44.9 Å². The highest BCUT2D eigenvalue weighted by atomic mass is 16.5. The molecule has 3 heteroatoms. The van der Waals surface area contributed by atoms with E-state index in [0.717, 1.165) is 25.7 Å². The molecule has 0 spiro atoms. The molecular weight excluding hydrogens is 224 g/mol. The van der Waals surface area contributed by atoms with Crippen molar-refractivity contribution in [2.24, 2.45) is 11.3 Å². The summed E-state index contributed by atoms with van der Waals surface area (Å²) >= 11 is 0. The third kappa shape index (κ3) is 3.69. The molecule has 2 aliphatic rings. The summed E-state index contributed by atoms with van der Waals surface area (Å²) in [5.74, 6) is 0.847. The Morgan fingerprint density at radius 3 is 2.50 bits per heavy atom. The highest BCUT2D eigenvalue weighted by Gasteiger charge is 2.33. The van der Waals surface area contributed by atoms with E-state index in [1.807, 2.05) is 0 Å². The summed E-state index contributed by atoms with van der Waals surface area (Å²) < 4.78 is 5.46. The molecule has 0 radical (unpaired) electrons. The quantitative estimate of drug-likeness (QED) is 0.817. The molecule has 0 aromatic rings. The van der Waals surface area contributed by atoms with Crippen molar-refractivity contribution >= 4 is 0 Å². The second-order valence-electron chi connectivity index (χ2n) is 7.19. The van der Waals surface area contributed by atoms with E-state index in [9.17, 15) is 0 Å². The number of rotatable bonds is 2. The fourth-order valence-electron chi connectivity index (χ4n) is 3.02. The van der Waals surface area contributed by atoms with Crippen molar-refractivity contribution in [3.63, 3.8) is 0 Å². The van der Waals surface area contributed by atoms with Gasteiger partial charge in [0.05, 0.1) is 0 Å². The van der Waals surface area contributed by atoms with Gasteiger partial charge in [-0.2, -0.15) is 0 Å². The van der Waals surface area contributed by atoms with Gasteiger partial charge in [-0.3, -0.25) is 4.90 Å². The summed E-state index contributed by atoms with van der Waals surface area (Å²) in [6.07, 6.45) is 2.49. The van der Waals surface area contributed by atoms with Crippen LogP contribution in [0.3, 0.4) is 0 Å². The van der Waals surface area contributed by atoms with Crippen molar-refractivity contribution in [3.8, 4) is 0 Å². The van der Waals surface area contributed by atoms with Crippen molar-refractivity contribution in [1.29, 1.82) is 0 Å². The summed E-state index contributed by atoms with van der Waals surface area (Å²) in [6, 6.07) is 1.29. The normalized spacial score (nSPS) is 32.7. The lowest BCUT2D eigenvalue weighted by Gasteiger charge is -2.45. The van der Waals surface area contributed by atoms with Crippen LogP contribution in [-0.4, -0.2) is 49.8 Å². The first-order valence-corrected chi connectivity index (χ1v) is 7.52. The molecule has 3 nitrogen and oxygen atoms in total. The second-order valence-corrected chi connectivity index (χ2v) is 7.19. The molecular formula is C15H30N2O. The van der Waals surface area contributed by atoms with Crippen LogP contribution in [-0.2, 0) is 4.74 Å². The third-order valence-corrected chi connectivity index (χ3v) is 4.58. The molecule has 0 bridgehead atoms. The minimum absolute atomic E-state index is 0.355. The van der Waals surface area contributed by atoms with Crippen molar-refractivity contribution in [2.75, 3.05) is 32.8 Å². The molecule has 0 aromatic carbocycles. The highest BCUT2D eigenvalue weighted by Crippen LogP contribution is 2.25. The van der Waals surface area contributed by atoms with Crippen LogP contribution < -0.4 is 5.32 Å². The Bertz CT molecular complexity index is 256. The molecule has 2 saturated heterocycles. The average molecular weight is 254 g/mol. The Kier molecular flexibility index (Phi) is 4.68. The van der Waals surface area contributed by atoms with Crippen LogP contribution >= 0.6 is 0 Å². The third-order valence-electron chi connectivity index (χ3n) is 4.58. The van der Waals surface area contributed by atoms with E-state index in [1.54, 1.807) is 0 Å². The van der Waals surface area contributed by atoms with E-state index < -0.39 is 0 Å². The second kappa shape index (κ2) is 5.89. The fraction of sp³-hybridized carbons (Fsp3) is 1.00. The first-order chi connectivity index (χ1) is 8.47. The molecule has 0 amide bonds. The molecule has 0 aliphatic carbocycles. The molecule has 0 aromatic heterocycles. The van der Waals surface area contributed by atoms with Crippen molar-refractivity contribution < 1.29 is 4.74 Å². The Hall–Kier alpha value is -0.120. The van der Waals surface area contributed by atoms with Gasteiger partial charge in [-0.25, -0.2) is 0 Å². The molecule has 0 saturated carbocycles. The van der Waals surface area contributed by atoms with Crippen LogP contribution in [0.5, 0.6) is 0 Å². The van der Waals surface area contributed by atoms with Crippen LogP contribution in [0.15, 0.2) is 0 Å². The van der Waals surface area contributed by atoms with Gasteiger partial charge in [0.2, 0.25) is 0 Å². The van der Waals surface area contributed by atoms with Crippen LogP contribution in [0.2, 0.25) is 0 Å². The van der Waals surface area contributed by atoms with Crippen LogP contribution in [0.25, 0.3) is 0 Å². The van der Waals surface area contributed by atoms with Gasteiger partial charge in [0.25, 0.3) is 0 Å². The molecule has 1 N–H and O–H groups in total. The molecule has 2 aliphatic heterocycles. The van der Waals surface area contributed by atoms with E-state index >= 15 is 0 Å². The molecule has 18 heavy (non-hydrogen) atoms. The zero-order chi connectivity index (χ0) is 13.2. The average Bonchev–Trinajstić information content (AvgIpc) is 2.32. The number of hydrogen-bond acceptors (Lipinski definition) is 3.